The third-order valence-electron chi connectivity index (χ3n) is 4.17. The first-order valence-electron chi connectivity index (χ1n) is 8.73. The van der Waals surface area contributed by atoms with E-state index < -0.39 is 54.2 Å². The van der Waals surface area contributed by atoms with Gasteiger partial charge in [-0.15, -0.1) is 0 Å². The number of anilines is 1. The molecule has 32 heavy (non-hydrogen) atoms. The molecule has 0 bridgehead atoms. The number of rotatable bonds is 11. The summed E-state index contributed by atoms with van der Waals surface area (Å²) in [5.74, 6) is 0.0496. The summed E-state index contributed by atoms with van der Waals surface area (Å²) in [4.78, 5) is 25.0. The average molecular weight is 523 g/mol. The smallest absolute Gasteiger partial charge is 0.390 e. The largest absolute Gasteiger partial charge is 0.492 e. The SMILES string of the molecule is COP(=O)(O)OP(=O)(OC)OP(=O)(OC)OCC1OC(n2cc(C)c(N)nc2=O)CC1O. The van der Waals surface area contributed by atoms with Crippen molar-refractivity contribution in [1.82, 2.24) is 9.55 Å². The predicted octanol–water partition coefficient (Wildman–Crippen LogP) is 1.09. The molecule has 1 aliphatic heterocycles. The van der Waals surface area contributed by atoms with E-state index in [1.807, 2.05) is 0 Å². The lowest BCUT2D eigenvalue weighted by molar-refractivity contribution is -0.0457. The van der Waals surface area contributed by atoms with Crippen LogP contribution < -0.4 is 11.4 Å². The van der Waals surface area contributed by atoms with E-state index in [0.29, 0.717) is 5.56 Å². The molecule has 2 heterocycles. The Labute approximate surface area is 182 Å². The molecule has 6 atom stereocenters. The highest BCUT2D eigenvalue weighted by atomic mass is 31.3. The summed E-state index contributed by atoms with van der Waals surface area (Å²) in [7, 11) is -12.1. The van der Waals surface area contributed by atoms with Crippen molar-refractivity contribution in [3.63, 3.8) is 0 Å². The van der Waals surface area contributed by atoms with Crippen molar-refractivity contribution in [2.45, 2.75) is 31.8 Å². The molecule has 19 heteroatoms. The third-order valence-corrected chi connectivity index (χ3v) is 9.21. The maximum absolute atomic E-state index is 12.7. The Morgan fingerprint density at radius 3 is 2.38 bits per heavy atom. The van der Waals surface area contributed by atoms with E-state index in [9.17, 15) is 28.5 Å². The molecule has 1 aliphatic rings. The van der Waals surface area contributed by atoms with E-state index in [2.05, 4.69) is 27.2 Å². The number of hydrogen-bond acceptors (Lipinski definition) is 14. The van der Waals surface area contributed by atoms with Crippen molar-refractivity contribution in [2.75, 3.05) is 33.7 Å². The summed E-state index contributed by atoms with van der Waals surface area (Å²) < 4.78 is 70.2. The molecule has 2 rings (SSSR count). The van der Waals surface area contributed by atoms with Crippen LogP contribution in [0.4, 0.5) is 5.82 Å². The number of ether oxygens (including phenoxy) is 1. The lowest BCUT2D eigenvalue weighted by Crippen LogP contribution is -2.29. The first-order valence-corrected chi connectivity index (χ1v) is 13.1. The summed E-state index contributed by atoms with van der Waals surface area (Å²) in [6, 6.07) is 0. The molecule has 0 amide bonds. The second-order valence-corrected chi connectivity index (χ2v) is 11.7. The number of aliphatic hydroxyl groups is 1. The Kier molecular flexibility index (Phi) is 8.96. The lowest BCUT2D eigenvalue weighted by Gasteiger charge is -2.23. The number of aliphatic hydroxyl groups excluding tert-OH is 1. The molecule has 1 aromatic heterocycles. The van der Waals surface area contributed by atoms with Gasteiger partial charge in [0.1, 0.15) is 18.1 Å². The first kappa shape index (κ1) is 27.3. The molecule has 0 saturated carbocycles. The molecule has 6 unspecified atom stereocenters. The molecule has 0 aromatic carbocycles. The van der Waals surface area contributed by atoms with E-state index in [-0.39, 0.29) is 12.2 Å². The maximum Gasteiger partial charge on any atom is 0.492 e. The first-order chi connectivity index (χ1) is 14.8. The molecule has 0 radical (unpaired) electrons. The van der Waals surface area contributed by atoms with Crippen molar-refractivity contribution >= 4 is 29.3 Å². The zero-order valence-corrected chi connectivity index (χ0v) is 20.1. The second-order valence-electron chi connectivity index (χ2n) is 6.30. The summed E-state index contributed by atoms with van der Waals surface area (Å²) in [5.41, 5.74) is 5.39. The Hall–Kier alpha value is -0.990. The van der Waals surface area contributed by atoms with Crippen LogP contribution in [-0.2, 0) is 45.1 Å². The van der Waals surface area contributed by atoms with Crippen LogP contribution in [0.1, 0.15) is 18.2 Å². The van der Waals surface area contributed by atoms with Crippen molar-refractivity contribution in [3.8, 4) is 0 Å². The molecular formula is C13H24N3O13P3. The Bertz CT molecular complexity index is 1020. The van der Waals surface area contributed by atoms with E-state index in [0.717, 1.165) is 25.9 Å². The fourth-order valence-electron chi connectivity index (χ4n) is 2.46. The topological polar surface area (TPSA) is 217 Å². The molecular weight excluding hydrogens is 499 g/mol. The number of aryl methyl sites for hydroxylation is 1. The Morgan fingerprint density at radius 1 is 1.19 bits per heavy atom. The van der Waals surface area contributed by atoms with Crippen molar-refractivity contribution in [2.24, 2.45) is 0 Å². The van der Waals surface area contributed by atoms with Crippen LogP contribution in [0, 0.1) is 6.92 Å². The van der Waals surface area contributed by atoms with Gasteiger partial charge in [0.25, 0.3) is 0 Å². The van der Waals surface area contributed by atoms with Crippen LogP contribution in [0.15, 0.2) is 11.0 Å². The van der Waals surface area contributed by atoms with Crippen LogP contribution in [0.3, 0.4) is 0 Å². The van der Waals surface area contributed by atoms with Gasteiger partial charge in [-0.3, -0.25) is 22.7 Å². The summed E-state index contributed by atoms with van der Waals surface area (Å²) in [5, 5.41) is 10.2. The minimum Gasteiger partial charge on any atom is -0.390 e. The fourth-order valence-corrected chi connectivity index (χ4v) is 6.53. The highest BCUT2D eigenvalue weighted by molar-refractivity contribution is 7.67. The van der Waals surface area contributed by atoms with E-state index in [1.165, 1.54) is 6.20 Å². The zero-order chi connectivity index (χ0) is 24.3. The molecule has 16 nitrogen and oxygen atoms in total. The normalized spacial score (nSPS) is 26.9. The van der Waals surface area contributed by atoms with E-state index in [1.54, 1.807) is 6.92 Å². The van der Waals surface area contributed by atoms with Gasteiger partial charge in [0, 0.05) is 39.5 Å². The number of aromatic nitrogens is 2. The van der Waals surface area contributed by atoms with Gasteiger partial charge < -0.3 is 20.5 Å². The molecule has 4 N–H and O–H groups in total. The van der Waals surface area contributed by atoms with Gasteiger partial charge in [-0.05, 0) is 6.92 Å². The van der Waals surface area contributed by atoms with Gasteiger partial charge in [0.2, 0.25) is 0 Å². The molecule has 0 aliphatic carbocycles. The Morgan fingerprint density at radius 2 is 1.81 bits per heavy atom. The van der Waals surface area contributed by atoms with Crippen molar-refractivity contribution in [3.05, 3.63) is 22.2 Å². The summed E-state index contributed by atoms with van der Waals surface area (Å²) in [6.45, 7) is 1.01. The van der Waals surface area contributed by atoms with Crippen LogP contribution in [-0.4, -0.2) is 59.7 Å². The van der Waals surface area contributed by atoms with Crippen molar-refractivity contribution < 1.29 is 55.1 Å². The molecule has 1 saturated heterocycles. The highest BCUT2D eigenvalue weighted by Crippen LogP contribution is 2.71. The monoisotopic (exact) mass is 523 g/mol. The number of nitrogen functional groups attached to an aromatic ring is 1. The third kappa shape index (κ3) is 6.76. The van der Waals surface area contributed by atoms with Crippen LogP contribution in [0.2, 0.25) is 0 Å². The van der Waals surface area contributed by atoms with Gasteiger partial charge >= 0.3 is 29.2 Å². The van der Waals surface area contributed by atoms with Gasteiger partial charge in [-0.1, -0.05) is 0 Å². The summed E-state index contributed by atoms with van der Waals surface area (Å²) in [6.07, 6.45) is -1.87. The van der Waals surface area contributed by atoms with Gasteiger partial charge in [0.05, 0.1) is 12.7 Å². The van der Waals surface area contributed by atoms with Gasteiger partial charge in [-0.2, -0.15) is 13.6 Å². The maximum atomic E-state index is 12.7. The zero-order valence-electron chi connectivity index (χ0n) is 17.4. The van der Waals surface area contributed by atoms with Crippen LogP contribution in [0.25, 0.3) is 0 Å². The quantitative estimate of drug-likeness (QED) is 0.346. The molecule has 1 aromatic rings. The summed E-state index contributed by atoms with van der Waals surface area (Å²) >= 11 is 0. The number of phosphoric acid groups is 3. The molecule has 184 valence electrons. The van der Waals surface area contributed by atoms with Crippen LogP contribution >= 0.6 is 23.5 Å². The van der Waals surface area contributed by atoms with Crippen molar-refractivity contribution in [1.29, 1.82) is 0 Å². The van der Waals surface area contributed by atoms with Gasteiger partial charge in [0.15, 0.2) is 0 Å². The standard InChI is InChI=1S/C13H24N3O13P3/c1-8-6-16(13(18)15-12(8)14)11-5-9(17)10(27-11)7-26-31(21,24-3)29-32(22,25-4)28-30(19,20)23-2/h6,9-11,17H,5,7H2,1-4H3,(H,19,20)(H2,14,15,18). The Balaban J connectivity index is 2.09. The highest BCUT2D eigenvalue weighted by Gasteiger charge is 2.46. The minimum absolute atomic E-state index is 0.0433. The molecule has 1 fully saturated rings. The number of nitrogens with two attached hydrogens (primary N) is 1. The second kappa shape index (κ2) is 10.5. The fraction of sp³-hybridized carbons (Fsp3) is 0.692. The number of hydrogen-bond donors (Lipinski definition) is 3. The number of nitrogens with zero attached hydrogens (tertiary/aromatic N) is 2. The van der Waals surface area contributed by atoms with E-state index in [4.69, 9.17) is 15.0 Å². The molecule has 0 spiro atoms. The number of phosphoric ester groups is 2. The predicted molar refractivity (Wildman–Crippen MR) is 106 cm³/mol. The average Bonchev–Trinajstić information content (AvgIpc) is 3.09. The van der Waals surface area contributed by atoms with Gasteiger partial charge in [-0.25, -0.2) is 18.5 Å². The minimum atomic E-state index is -4.95. The lowest BCUT2D eigenvalue weighted by atomic mass is 10.2. The van der Waals surface area contributed by atoms with E-state index >= 15 is 0 Å². The van der Waals surface area contributed by atoms with Crippen LogP contribution in [0.5, 0.6) is 0 Å².